The molecule has 0 aromatic heterocycles. The van der Waals surface area contributed by atoms with E-state index in [4.69, 9.17) is 9.47 Å². The number of hydrogen-bond donors (Lipinski definition) is 0. The van der Waals surface area contributed by atoms with Gasteiger partial charge < -0.3 is 9.47 Å². The largest absolute Gasteiger partial charge is 0.345 e. The van der Waals surface area contributed by atoms with Gasteiger partial charge in [-0.15, -0.1) is 0 Å². The Morgan fingerprint density at radius 2 is 0.923 bits per heavy atom. The minimum Gasteiger partial charge on any atom is -0.345 e. The van der Waals surface area contributed by atoms with Crippen LogP contribution in [0.2, 0.25) is 0 Å². The molecule has 0 aliphatic carbocycles. The molecule has 3 heteroatoms. The van der Waals surface area contributed by atoms with E-state index in [9.17, 15) is 0 Å². The van der Waals surface area contributed by atoms with Crippen LogP contribution in [-0.2, 0) is 9.47 Å². The average molecular weight is 546 g/mol. The maximum Gasteiger partial charge on any atom is 0.163 e. The van der Waals surface area contributed by atoms with Crippen molar-refractivity contribution < 1.29 is 9.47 Å². The van der Waals surface area contributed by atoms with Gasteiger partial charge in [-0.1, -0.05) is 113 Å². The molecule has 39 heavy (non-hydrogen) atoms. The molecule has 0 spiro atoms. The molecule has 4 rings (SSSR count). The Bertz CT molecular complexity index is 970. The molecule has 1 fully saturated rings. The van der Waals surface area contributed by atoms with Crippen LogP contribution in [0.5, 0.6) is 0 Å². The minimum absolute atomic E-state index is 0.175. The molecule has 1 aliphatic rings. The van der Waals surface area contributed by atoms with Crippen LogP contribution in [-0.4, -0.2) is 24.2 Å². The lowest BCUT2D eigenvalue weighted by molar-refractivity contribution is -0.147. The quantitative estimate of drug-likeness (QED) is 0.132. The molecule has 1 aliphatic heterocycles. The van der Waals surface area contributed by atoms with E-state index in [-0.39, 0.29) is 12.2 Å². The Kier molecular flexibility index (Phi) is 11.6. The van der Waals surface area contributed by atoms with Crippen molar-refractivity contribution in [3.63, 3.8) is 0 Å². The summed E-state index contributed by atoms with van der Waals surface area (Å²) in [5, 5.41) is 4.38. The summed E-state index contributed by atoms with van der Waals surface area (Å²) < 4.78 is 13.0. The second-order valence-electron chi connectivity index (χ2n) is 11.7. The first-order valence-electron chi connectivity index (χ1n) is 15.5. The van der Waals surface area contributed by atoms with Crippen molar-refractivity contribution in [3.05, 3.63) is 91.0 Å². The third-order valence-electron chi connectivity index (χ3n) is 8.20. The molecule has 1 heterocycles. The first-order valence-corrected chi connectivity index (χ1v) is 17.4. The molecule has 3 aromatic carbocycles. The van der Waals surface area contributed by atoms with Gasteiger partial charge in [-0.05, 0) is 69.5 Å². The summed E-state index contributed by atoms with van der Waals surface area (Å²) in [5.41, 5.74) is 0. The van der Waals surface area contributed by atoms with E-state index in [2.05, 4.69) is 112 Å². The maximum absolute atomic E-state index is 6.51. The lowest BCUT2D eigenvalue weighted by Gasteiger charge is -2.28. The summed E-state index contributed by atoms with van der Waals surface area (Å²) in [6, 6.07) is 33.7. The molecular weight excluding hydrogens is 495 g/mol. The zero-order valence-electron chi connectivity index (χ0n) is 24.6. The Morgan fingerprint density at radius 1 is 0.538 bits per heavy atom. The lowest BCUT2D eigenvalue weighted by Crippen LogP contribution is -2.34. The van der Waals surface area contributed by atoms with Crippen molar-refractivity contribution in [2.75, 3.05) is 6.16 Å². The normalized spacial score (nSPS) is 18.8. The van der Waals surface area contributed by atoms with E-state index in [1.54, 1.807) is 0 Å². The summed E-state index contributed by atoms with van der Waals surface area (Å²) >= 11 is 0. The zero-order valence-corrected chi connectivity index (χ0v) is 25.5. The van der Waals surface area contributed by atoms with Crippen molar-refractivity contribution in [3.8, 4) is 0 Å². The Hall–Kier alpha value is -1.99. The summed E-state index contributed by atoms with van der Waals surface area (Å²) in [7, 11) is -1.80. The van der Waals surface area contributed by atoms with Gasteiger partial charge in [0.15, 0.2) is 5.79 Å². The fourth-order valence-electron chi connectivity index (χ4n) is 6.29. The van der Waals surface area contributed by atoms with E-state index < -0.39 is 13.0 Å². The highest BCUT2D eigenvalue weighted by molar-refractivity contribution is 7.95. The summed E-state index contributed by atoms with van der Waals surface area (Å²) in [6.07, 6.45) is 15.5. The predicted octanol–water partition coefficient (Wildman–Crippen LogP) is 8.81. The highest BCUT2D eigenvalue weighted by Gasteiger charge is 2.46. The predicted molar refractivity (Wildman–Crippen MR) is 170 cm³/mol. The number of ether oxygens (including phenoxy) is 2. The van der Waals surface area contributed by atoms with Crippen LogP contribution in [0.4, 0.5) is 0 Å². The molecule has 0 amide bonds. The van der Waals surface area contributed by atoms with E-state index in [1.165, 1.54) is 67.3 Å². The van der Waals surface area contributed by atoms with Gasteiger partial charge in [0.1, 0.15) is 23.2 Å². The molecule has 3 aromatic rings. The highest BCUT2D eigenvalue weighted by atomic mass is 31.2. The van der Waals surface area contributed by atoms with Gasteiger partial charge in [0.2, 0.25) is 0 Å². The van der Waals surface area contributed by atoms with Crippen LogP contribution in [0.1, 0.15) is 91.4 Å². The SMILES string of the molecule is CCCCCCCCCC[C@H]1OC(C)(C)O[C@@H]1CCC[P+](c1ccccc1)(c1ccccc1)c1ccccc1. The monoisotopic (exact) mass is 545 g/mol. The fraction of sp³-hybridized carbons (Fsp3) is 0.500. The first kappa shape index (κ1) is 30.0. The summed E-state index contributed by atoms with van der Waals surface area (Å²) in [5.74, 6) is -0.486. The zero-order chi connectivity index (χ0) is 27.4. The molecule has 0 unspecified atom stereocenters. The molecule has 0 bridgehead atoms. The fourth-order valence-corrected chi connectivity index (χ4v) is 10.7. The Morgan fingerprint density at radius 3 is 1.36 bits per heavy atom. The summed E-state index contributed by atoms with van der Waals surface area (Å²) in [4.78, 5) is 0. The van der Waals surface area contributed by atoms with Gasteiger partial charge in [-0.3, -0.25) is 0 Å². The van der Waals surface area contributed by atoms with Crippen LogP contribution in [0.15, 0.2) is 91.0 Å². The topological polar surface area (TPSA) is 18.5 Å². The summed E-state index contributed by atoms with van der Waals surface area (Å²) in [6.45, 7) is 6.46. The molecule has 0 saturated carbocycles. The Balaban J connectivity index is 1.45. The number of rotatable bonds is 16. The molecule has 1 saturated heterocycles. The van der Waals surface area contributed by atoms with Crippen LogP contribution in [0.25, 0.3) is 0 Å². The van der Waals surface area contributed by atoms with Gasteiger partial charge in [0, 0.05) is 0 Å². The van der Waals surface area contributed by atoms with Crippen molar-refractivity contribution in [1.29, 1.82) is 0 Å². The Labute approximate surface area is 238 Å². The minimum atomic E-state index is -1.80. The maximum atomic E-state index is 6.51. The second-order valence-corrected chi connectivity index (χ2v) is 15.3. The average Bonchev–Trinajstić information content (AvgIpc) is 3.27. The van der Waals surface area contributed by atoms with Crippen LogP contribution >= 0.6 is 7.26 Å². The van der Waals surface area contributed by atoms with Gasteiger partial charge in [0.05, 0.1) is 18.4 Å². The van der Waals surface area contributed by atoms with Gasteiger partial charge >= 0.3 is 0 Å². The van der Waals surface area contributed by atoms with Gasteiger partial charge in [0.25, 0.3) is 0 Å². The first-order chi connectivity index (χ1) is 19.0. The molecular formula is C36H50O2P+. The molecule has 2 nitrogen and oxygen atoms in total. The number of benzene rings is 3. The third kappa shape index (κ3) is 8.26. The number of unbranched alkanes of at least 4 members (excludes halogenated alkanes) is 7. The third-order valence-corrected chi connectivity index (χ3v) is 12.7. The molecule has 2 atom stereocenters. The second kappa shape index (κ2) is 15.1. The lowest BCUT2D eigenvalue weighted by atomic mass is 10.0. The molecule has 0 radical (unpaired) electrons. The van der Waals surface area contributed by atoms with Crippen molar-refractivity contribution in [1.82, 2.24) is 0 Å². The smallest absolute Gasteiger partial charge is 0.163 e. The van der Waals surface area contributed by atoms with E-state index in [0.29, 0.717) is 0 Å². The van der Waals surface area contributed by atoms with Crippen LogP contribution in [0, 0.1) is 0 Å². The molecule has 210 valence electrons. The highest BCUT2D eigenvalue weighted by Crippen LogP contribution is 2.56. The van der Waals surface area contributed by atoms with Gasteiger partial charge in [-0.2, -0.15) is 0 Å². The molecule has 0 N–H and O–H groups in total. The van der Waals surface area contributed by atoms with E-state index in [1.807, 2.05) is 0 Å². The standard InChI is InChI=1S/C36H50O2P/c1-4-5-6-7-8-9-10-20-28-34-35(38-36(2,3)37-34)29-21-30-39(31-22-14-11-15-23-31,32-24-16-12-17-25-32)33-26-18-13-19-27-33/h11-19,22-27,34-35H,4-10,20-21,28-30H2,1-3H3/q+1/t34-,35-/m1/s1. The van der Waals surface area contributed by atoms with E-state index in [0.717, 1.165) is 25.4 Å². The van der Waals surface area contributed by atoms with E-state index >= 15 is 0 Å². The van der Waals surface area contributed by atoms with Crippen molar-refractivity contribution >= 4 is 23.2 Å². The van der Waals surface area contributed by atoms with Gasteiger partial charge in [-0.25, -0.2) is 0 Å². The van der Waals surface area contributed by atoms with Crippen molar-refractivity contribution in [2.45, 2.75) is 109 Å². The van der Waals surface area contributed by atoms with Crippen LogP contribution in [0.3, 0.4) is 0 Å². The number of hydrogen-bond acceptors (Lipinski definition) is 2. The van der Waals surface area contributed by atoms with Crippen molar-refractivity contribution in [2.24, 2.45) is 0 Å². The van der Waals surface area contributed by atoms with Crippen LogP contribution < -0.4 is 15.9 Å².